The Labute approximate surface area is 157 Å². The normalized spacial score (nSPS) is 11.0. The number of nitriles is 1. The van der Waals surface area contributed by atoms with Crippen molar-refractivity contribution in [2.75, 3.05) is 19.0 Å². The number of ether oxygens (including phenoxy) is 3. The average molecular weight is 368 g/mol. The maximum absolute atomic E-state index is 12.3. The fraction of sp³-hybridized carbons (Fsp3) is 0.250. The lowest BCUT2D eigenvalue weighted by atomic mass is 10.2. The number of amides is 1. The molecule has 27 heavy (non-hydrogen) atoms. The number of methoxy groups -OCH3 is 1. The van der Waals surface area contributed by atoms with Gasteiger partial charge in [-0.15, -0.1) is 0 Å². The molecule has 1 atom stereocenters. The molecule has 0 aliphatic heterocycles. The third-order valence-corrected chi connectivity index (χ3v) is 3.63. The van der Waals surface area contributed by atoms with Crippen LogP contribution in [0.1, 0.15) is 29.8 Å². The van der Waals surface area contributed by atoms with E-state index in [1.54, 1.807) is 30.3 Å². The Morgan fingerprint density at radius 3 is 2.44 bits per heavy atom. The fourth-order valence-electron chi connectivity index (χ4n) is 2.23. The quantitative estimate of drug-likeness (QED) is 0.754. The first kappa shape index (κ1) is 19.8. The van der Waals surface area contributed by atoms with Crippen LogP contribution in [-0.4, -0.2) is 31.7 Å². The molecule has 0 aromatic heterocycles. The molecule has 7 nitrogen and oxygen atoms in total. The standard InChI is InChI=1S/C20H20N2O5/c1-4-26-18-11-15(7-10-17(18)25-3)20(24)27-13(2)19(23)22-16-8-5-14(12-21)6-9-16/h5-11,13H,4H2,1-3H3,(H,22,23)/t13-/m1/s1. The lowest BCUT2D eigenvalue weighted by molar-refractivity contribution is -0.123. The van der Waals surface area contributed by atoms with E-state index in [0.717, 1.165) is 0 Å². The van der Waals surface area contributed by atoms with Gasteiger partial charge in [0, 0.05) is 5.69 Å². The number of benzene rings is 2. The number of carbonyl (C=O) groups excluding carboxylic acids is 2. The summed E-state index contributed by atoms with van der Waals surface area (Å²) in [5, 5.41) is 11.4. The molecule has 0 aliphatic rings. The summed E-state index contributed by atoms with van der Waals surface area (Å²) in [5.41, 5.74) is 1.24. The molecule has 0 bridgehead atoms. The minimum Gasteiger partial charge on any atom is -0.493 e. The molecule has 2 rings (SSSR count). The average Bonchev–Trinajstić information content (AvgIpc) is 2.68. The van der Waals surface area contributed by atoms with Crippen LogP contribution in [0, 0.1) is 11.3 Å². The minimum atomic E-state index is -1.01. The van der Waals surface area contributed by atoms with Crippen LogP contribution in [0.5, 0.6) is 11.5 Å². The zero-order valence-electron chi connectivity index (χ0n) is 15.3. The number of anilines is 1. The van der Waals surface area contributed by atoms with Crippen LogP contribution in [0.4, 0.5) is 5.69 Å². The van der Waals surface area contributed by atoms with Crippen molar-refractivity contribution in [3.8, 4) is 17.6 Å². The van der Waals surface area contributed by atoms with Gasteiger partial charge in [0.1, 0.15) is 0 Å². The van der Waals surface area contributed by atoms with E-state index in [1.807, 2.05) is 13.0 Å². The van der Waals surface area contributed by atoms with Gasteiger partial charge in [0.2, 0.25) is 0 Å². The van der Waals surface area contributed by atoms with Gasteiger partial charge in [-0.25, -0.2) is 4.79 Å². The van der Waals surface area contributed by atoms with Gasteiger partial charge in [-0.1, -0.05) is 0 Å². The van der Waals surface area contributed by atoms with Crippen LogP contribution in [0.25, 0.3) is 0 Å². The van der Waals surface area contributed by atoms with E-state index in [9.17, 15) is 9.59 Å². The van der Waals surface area contributed by atoms with Crippen molar-refractivity contribution in [3.63, 3.8) is 0 Å². The molecule has 2 aromatic rings. The molecule has 2 aromatic carbocycles. The molecular weight excluding hydrogens is 348 g/mol. The van der Waals surface area contributed by atoms with Gasteiger partial charge in [0.25, 0.3) is 5.91 Å². The molecule has 0 spiro atoms. The minimum absolute atomic E-state index is 0.247. The Morgan fingerprint density at radius 1 is 1.15 bits per heavy atom. The summed E-state index contributed by atoms with van der Waals surface area (Å²) >= 11 is 0. The molecule has 1 amide bonds. The van der Waals surface area contributed by atoms with E-state index in [1.165, 1.54) is 26.2 Å². The summed E-state index contributed by atoms with van der Waals surface area (Å²) in [7, 11) is 1.51. The topological polar surface area (TPSA) is 97.6 Å². The SMILES string of the molecule is CCOc1cc(C(=O)O[C@H](C)C(=O)Nc2ccc(C#N)cc2)ccc1OC. The van der Waals surface area contributed by atoms with Gasteiger partial charge in [0.05, 0.1) is 30.9 Å². The number of carbonyl (C=O) groups is 2. The maximum Gasteiger partial charge on any atom is 0.339 e. The lowest BCUT2D eigenvalue weighted by Crippen LogP contribution is -2.30. The highest BCUT2D eigenvalue weighted by atomic mass is 16.5. The van der Waals surface area contributed by atoms with E-state index in [0.29, 0.717) is 29.4 Å². The Bertz CT molecular complexity index is 856. The molecule has 140 valence electrons. The van der Waals surface area contributed by atoms with Crippen LogP contribution in [-0.2, 0) is 9.53 Å². The van der Waals surface area contributed by atoms with Crippen molar-refractivity contribution >= 4 is 17.6 Å². The Kier molecular flexibility index (Phi) is 6.78. The van der Waals surface area contributed by atoms with E-state index < -0.39 is 18.0 Å². The van der Waals surface area contributed by atoms with Gasteiger partial charge in [-0.2, -0.15) is 5.26 Å². The first-order chi connectivity index (χ1) is 13.0. The first-order valence-electron chi connectivity index (χ1n) is 8.31. The van der Waals surface area contributed by atoms with Crippen molar-refractivity contribution in [2.45, 2.75) is 20.0 Å². The number of hydrogen-bond acceptors (Lipinski definition) is 6. The molecule has 0 heterocycles. The Hall–Kier alpha value is -3.53. The van der Waals surface area contributed by atoms with Crippen LogP contribution in [0.15, 0.2) is 42.5 Å². The molecule has 0 fully saturated rings. The van der Waals surface area contributed by atoms with Gasteiger partial charge in [-0.05, 0) is 56.3 Å². The van der Waals surface area contributed by atoms with Crippen molar-refractivity contribution in [1.82, 2.24) is 0 Å². The van der Waals surface area contributed by atoms with Crippen LogP contribution in [0.2, 0.25) is 0 Å². The third-order valence-electron chi connectivity index (χ3n) is 3.63. The van der Waals surface area contributed by atoms with E-state index in [4.69, 9.17) is 19.5 Å². The number of esters is 1. The highest BCUT2D eigenvalue weighted by Crippen LogP contribution is 2.28. The second kappa shape index (κ2) is 9.25. The zero-order valence-corrected chi connectivity index (χ0v) is 15.3. The fourth-order valence-corrected chi connectivity index (χ4v) is 2.23. The molecule has 0 aliphatic carbocycles. The second-order valence-electron chi connectivity index (χ2n) is 5.52. The van der Waals surface area contributed by atoms with Gasteiger partial charge in [-0.3, -0.25) is 4.79 Å². The molecule has 7 heteroatoms. The highest BCUT2D eigenvalue weighted by molar-refractivity contribution is 5.97. The Balaban J connectivity index is 2.02. The molecule has 0 saturated heterocycles. The summed E-state index contributed by atoms with van der Waals surface area (Å²) in [6.07, 6.45) is -1.01. The van der Waals surface area contributed by atoms with Gasteiger partial charge in [0.15, 0.2) is 17.6 Å². The number of nitrogens with one attached hydrogen (secondary N) is 1. The summed E-state index contributed by atoms with van der Waals surface area (Å²) in [5.74, 6) is -0.211. The zero-order chi connectivity index (χ0) is 19.8. The molecule has 0 radical (unpaired) electrons. The summed E-state index contributed by atoms with van der Waals surface area (Å²) in [4.78, 5) is 24.5. The predicted octanol–water partition coefficient (Wildman–Crippen LogP) is 3.15. The largest absolute Gasteiger partial charge is 0.493 e. The van der Waals surface area contributed by atoms with Crippen molar-refractivity contribution in [3.05, 3.63) is 53.6 Å². The first-order valence-corrected chi connectivity index (χ1v) is 8.31. The number of hydrogen-bond donors (Lipinski definition) is 1. The lowest BCUT2D eigenvalue weighted by Gasteiger charge is -2.15. The third kappa shape index (κ3) is 5.22. The van der Waals surface area contributed by atoms with E-state index in [2.05, 4.69) is 5.32 Å². The summed E-state index contributed by atoms with van der Waals surface area (Å²) < 4.78 is 15.8. The highest BCUT2D eigenvalue weighted by Gasteiger charge is 2.20. The number of nitrogens with zero attached hydrogens (tertiary/aromatic N) is 1. The van der Waals surface area contributed by atoms with Gasteiger partial charge < -0.3 is 19.5 Å². The van der Waals surface area contributed by atoms with E-state index in [-0.39, 0.29) is 5.56 Å². The van der Waals surface area contributed by atoms with Crippen molar-refractivity contribution in [1.29, 1.82) is 5.26 Å². The smallest absolute Gasteiger partial charge is 0.339 e. The van der Waals surface area contributed by atoms with Crippen LogP contribution < -0.4 is 14.8 Å². The molecule has 0 saturated carbocycles. The Morgan fingerprint density at radius 2 is 1.85 bits per heavy atom. The van der Waals surface area contributed by atoms with Crippen LogP contribution >= 0.6 is 0 Å². The molecule has 0 unspecified atom stereocenters. The van der Waals surface area contributed by atoms with Crippen LogP contribution in [0.3, 0.4) is 0 Å². The number of rotatable bonds is 7. The summed E-state index contributed by atoms with van der Waals surface area (Å²) in [6.45, 7) is 3.71. The second-order valence-corrected chi connectivity index (χ2v) is 5.52. The maximum atomic E-state index is 12.3. The monoisotopic (exact) mass is 368 g/mol. The summed E-state index contributed by atoms with van der Waals surface area (Å²) in [6, 6.07) is 13.0. The predicted molar refractivity (Wildman–Crippen MR) is 98.8 cm³/mol. The van der Waals surface area contributed by atoms with Gasteiger partial charge >= 0.3 is 5.97 Å². The molecule has 1 N–H and O–H groups in total. The van der Waals surface area contributed by atoms with Crippen molar-refractivity contribution < 1.29 is 23.8 Å². The molecular formula is C20H20N2O5. The van der Waals surface area contributed by atoms with E-state index >= 15 is 0 Å². The van der Waals surface area contributed by atoms with Crippen molar-refractivity contribution in [2.24, 2.45) is 0 Å².